The van der Waals surface area contributed by atoms with E-state index in [0.717, 1.165) is 25.9 Å². The Morgan fingerprint density at radius 3 is 0.939 bits per heavy atom. The van der Waals surface area contributed by atoms with Crippen LogP contribution in [0.2, 0.25) is 0 Å². The average Bonchev–Trinajstić information content (AvgIpc) is 2.80. The van der Waals surface area contributed by atoms with Gasteiger partial charge < -0.3 is 9.90 Å². The first kappa shape index (κ1) is 32.4. The first-order valence-electron chi connectivity index (χ1n) is 15.1. The lowest BCUT2D eigenvalue weighted by atomic mass is 10.0. The molecule has 3 heteroatoms. The molecule has 0 aliphatic carbocycles. The quantitative estimate of drug-likeness (QED) is 0.109. The maximum absolute atomic E-state index is 11.1. The summed E-state index contributed by atoms with van der Waals surface area (Å²) in [6.45, 7) is 6.50. The number of aliphatic carboxylic acids is 1. The molecule has 0 atom stereocenters. The van der Waals surface area contributed by atoms with Crippen LogP contribution in [-0.4, -0.2) is 30.5 Å². The first-order chi connectivity index (χ1) is 16.2. The zero-order valence-corrected chi connectivity index (χ0v) is 22.9. The number of carbonyl (C=O) groups is 1. The van der Waals surface area contributed by atoms with Crippen LogP contribution in [0.4, 0.5) is 0 Å². The van der Waals surface area contributed by atoms with E-state index in [4.69, 9.17) is 0 Å². The fraction of sp³-hybridized carbons (Fsp3) is 0.967. The lowest BCUT2D eigenvalue weighted by Crippen LogP contribution is -2.39. The lowest BCUT2D eigenvalue weighted by molar-refractivity contribution is -0.306. The van der Waals surface area contributed by atoms with E-state index in [-0.39, 0.29) is 6.54 Å². The molecule has 0 aromatic carbocycles. The molecule has 0 N–H and O–H groups in total. The van der Waals surface area contributed by atoms with Crippen LogP contribution in [0.15, 0.2) is 0 Å². The van der Waals surface area contributed by atoms with Crippen LogP contribution >= 0.6 is 0 Å². The fourth-order valence-electron chi connectivity index (χ4n) is 4.81. The molecule has 0 fully saturated rings. The number of hydrogen-bond donors (Lipinski definition) is 0. The summed E-state index contributed by atoms with van der Waals surface area (Å²) in [5, 5.41) is 11.1. The largest absolute Gasteiger partial charge is 0.549 e. The molecule has 0 aromatic heterocycles. The smallest absolute Gasteiger partial charge is 0.0555 e. The van der Waals surface area contributed by atoms with Gasteiger partial charge in [0.2, 0.25) is 0 Å². The van der Waals surface area contributed by atoms with E-state index < -0.39 is 5.97 Å². The van der Waals surface area contributed by atoms with Gasteiger partial charge in [-0.2, -0.15) is 0 Å². The lowest BCUT2D eigenvalue weighted by Gasteiger charge is -2.22. The Morgan fingerprint density at radius 1 is 0.455 bits per heavy atom. The number of carboxylic acids is 1. The highest BCUT2D eigenvalue weighted by Gasteiger charge is 2.05. The summed E-state index contributed by atoms with van der Waals surface area (Å²) in [7, 11) is 0. The molecule has 0 aromatic rings. The van der Waals surface area contributed by atoms with Gasteiger partial charge in [0.25, 0.3) is 0 Å². The molecule has 0 unspecified atom stereocenters. The van der Waals surface area contributed by atoms with Gasteiger partial charge in [0.15, 0.2) is 0 Å². The molecule has 0 spiro atoms. The molecular formula is C30H60NO2-. The minimum Gasteiger partial charge on any atom is -0.549 e. The van der Waals surface area contributed by atoms with E-state index in [0.29, 0.717) is 0 Å². The van der Waals surface area contributed by atoms with Crippen molar-refractivity contribution in [1.29, 1.82) is 0 Å². The Kier molecular flexibility index (Phi) is 27.2. The molecule has 0 amide bonds. The highest BCUT2D eigenvalue weighted by atomic mass is 16.4. The summed E-state index contributed by atoms with van der Waals surface area (Å²) >= 11 is 0. The number of unbranched alkanes of at least 4 members (excludes halogenated alkanes) is 22. The summed E-state index contributed by atoms with van der Waals surface area (Å²) in [4.78, 5) is 13.2. The van der Waals surface area contributed by atoms with Crippen LogP contribution in [0, 0.1) is 0 Å². The monoisotopic (exact) mass is 466 g/mol. The van der Waals surface area contributed by atoms with Crippen molar-refractivity contribution in [3.63, 3.8) is 0 Å². The van der Waals surface area contributed by atoms with Gasteiger partial charge in [-0.3, -0.25) is 4.90 Å². The van der Waals surface area contributed by atoms with E-state index >= 15 is 0 Å². The van der Waals surface area contributed by atoms with Gasteiger partial charge >= 0.3 is 0 Å². The number of carbonyl (C=O) groups excluding carboxylic acids is 1. The molecule has 3 nitrogen and oxygen atoms in total. The van der Waals surface area contributed by atoms with Crippen molar-refractivity contribution in [2.75, 3.05) is 19.6 Å². The molecule has 198 valence electrons. The van der Waals surface area contributed by atoms with E-state index in [2.05, 4.69) is 18.7 Å². The molecule has 0 rings (SSSR count). The Bertz CT molecular complexity index is 357. The Balaban J connectivity index is 3.52. The molecular weight excluding hydrogens is 406 g/mol. The Hall–Kier alpha value is -0.570. The summed E-state index contributed by atoms with van der Waals surface area (Å²) < 4.78 is 0. The molecule has 33 heavy (non-hydrogen) atoms. The van der Waals surface area contributed by atoms with E-state index in [9.17, 15) is 9.90 Å². The van der Waals surface area contributed by atoms with E-state index in [1.807, 2.05) is 0 Å². The predicted molar refractivity (Wildman–Crippen MR) is 144 cm³/mol. The van der Waals surface area contributed by atoms with Crippen molar-refractivity contribution in [1.82, 2.24) is 4.90 Å². The molecule has 0 saturated heterocycles. The highest BCUT2D eigenvalue weighted by Crippen LogP contribution is 2.14. The number of carboxylic acid groups (broad SMARTS) is 1. The van der Waals surface area contributed by atoms with Crippen LogP contribution < -0.4 is 5.11 Å². The van der Waals surface area contributed by atoms with Crippen molar-refractivity contribution in [2.24, 2.45) is 0 Å². The van der Waals surface area contributed by atoms with Gasteiger partial charge in [0.05, 0.1) is 5.97 Å². The van der Waals surface area contributed by atoms with Crippen molar-refractivity contribution < 1.29 is 9.90 Å². The average molecular weight is 467 g/mol. The topological polar surface area (TPSA) is 43.4 Å². The van der Waals surface area contributed by atoms with Gasteiger partial charge in [0.1, 0.15) is 0 Å². The van der Waals surface area contributed by atoms with Crippen molar-refractivity contribution in [3.8, 4) is 0 Å². The van der Waals surface area contributed by atoms with Gasteiger partial charge in [-0.1, -0.05) is 155 Å². The zero-order chi connectivity index (χ0) is 24.2. The maximum atomic E-state index is 11.1. The van der Waals surface area contributed by atoms with Gasteiger partial charge in [-0.05, 0) is 25.9 Å². The summed E-state index contributed by atoms with van der Waals surface area (Å²) in [5.41, 5.74) is 0. The van der Waals surface area contributed by atoms with Crippen LogP contribution in [0.25, 0.3) is 0 Å². The fourth-order valence-corrected chi connectivity index (χ4v) is 4.81. The normalized spacial score (nSPS) is 11.5. The molecule has 0 heterocycles. The Morgan fingerprint density at radius 2 is 0.697 bits per heavy atom. The van der Waals surface area contributed by atoms with Crippen molar-refractivity contribution in [2.45, 2.75) is 168 Å². The first-order valence-corrected chi connectivity index (χ1v) is 15.1. The summed E-state index contributed by atoms with van der Waals surface area (Å²) in [5.74, 6) is -0.923. The number of nitrogens with zero attached hydrogens (tertiary/aromatic N) is 1. The van der Waals surface area contributed by atoms with Crippen molar-refractivity contribution >= 4 is 5.97 Å². The van der Waals surface area contributed by atoms with Crippen LogP contribution in [0.1, 0.15) is 168 Å². The summed E-state index contributed by atoms with van der Waals surface area (Å²) in [6, 6.07) is 0. The molecule has 0 aliphatic rings. The second-order valence-electron chi connectivity index (χ2n) is 10.4. The minimum atomic E-state index is -0.923. The van der Waals surface area contributed by atoms with Crippen molar-refractivity contribution in [3.05, 3.63) is 0 Å². The zero-order valence-electron chi connectivity index (χ0n) is 22.9. The van der Waals surface area contributed by atoms with Gasteiger partial charge in [0, 0.05) is 6.54 Å². The SMILES string of the molecule is CCCCCCCCCCCCCCN(CCCCCCCCCCCCCC)CC(=O)[O-]. The third-order valence-electron chi connectivity index (χ3n) is 7.01. The third kappa shape index (κ3) is 27.6. The molecule has 0 radical (unpaired) electrons. The third-order valence-corrected chi connectivity index (χ3v) is 7.01. The number of rotatable bonds is 28. The van der Waals surface area contributed by atoms with E-state index in [1.54, 1.807) is 0 Å². The second kappa shape index (κ2) is 27.7. The minimum absolute atomic E-state index is 0.107. The highest BCUT2D eigenvalue weighted by molar-refractivity contribution is 5.66. The summed E-state index contributed by atoms with van der Waals surface area (Å²) in [6.07, 6.45) is 32.3. The standard InChI is InChI=1S/C30H61NO2/c1-3-5-7-9-11-13-15-17-19-21-23-25-27-31(29-30(32)33)28-26-24-22-20-18-16-14-12-10-8-6-4-2/h3-29H2,1-2H3,(H,32,33)/p-1. The van der Waals surface area contributed by atoms with Gasteiger partial charge in [-0.15, -0.1) is 0 Å². The number of hydrogen-bond acceptors (Lipinski definition) is 3. The van der Waals surface area contributed by atoms with Crippen LogP contribution in [-0.2, 0) is 4.79 Å². The van der Waals surface area contributed by atoms with Crippen LogP contribution in [0.3, 0.4) is 0 Å². The van der Waals surface area contributed by atoms with Gasteiger partial charge in [-0.25, -0.2) is 0 Å². The predicted octanol–water partition coefficient (Wildman–Crippen LogP) is 8.44. The molecule has 0 aliphatic heterocycles. The second-order valence-corrected chi connectivity index (χ2v) is 10.4. The van der Waals surface area contributed by atoms with Crippen LogP contribution in [0.5, 0.6) is 0 Å². The molecule has 0 bridgehead atoms. The molecule has 0 saturated carbocycles. The maximum Gasteiger partial charge on any atom is 0.0555 e. The van der Waals surface area contributed by atoms with E-state index in [1.165, 1.54) is 141 Å². The Labute approximate surface area is 208 Å².